The molecule has 0 amide bonds. The number of nitrogens with zero attached hydrogens (tertiary/aromatic N) is 2. The minimum absolute atomic E-state index is 0.371. The first-order chi connectivity index (χ1) is 8.72. The molecule has 0 radical (unpaired) electrons. The summed E-state index contributed by atoms with van der Waals surface area (Å²) in [6, 6.07) is 2.58. The predicted octanol–water partition coefficient (Wildman–Crippen LogP) is 2.83. The van der Waals surface area contributed by atoms with Crippen molar-refractivity contribution in [1.29, 1.82) is 0 Å². The van der Waals surface area contributed by atoms with E-state index in [2.05, 4.69) is 36.2 Å². The highest BCUT2D eigenvalue weighted by Crippen LogP contribution is 2.20. The molecular formula is C15H25N3. The lowest BCUT2D eigenvalue weighted by Crippen LogP contribution is -2.24. The Morgan fingerprint density at radius 3 is 2.83 bits per heavy atom. The van der Waals surface area contributed by atoms with Crippen LogP contribution in [0.1, 0.15) is 57.0 Å². The molecule has 1 unspecified atom stereocenters. The van der Waals surface area contributed by atoms with Crippen LogP contribution in [0, 0.1) is 12.3 Å². The van der Waals surface area contributed by atoms with Gasteiger partial charge < -0.3 is 5.32 Å². The van der Waals surface area contributed by atoms with Gasteiger partial charge >= 0.3 is 0 Å². The first kappa shape index (κ1) is 14.8. The molecule has 3 heteroatoms. The average molecular weight is 247 g/mol. The van der Waals surface area contributed by atoms with Gasteiger partial charge in [0, 0.05) is 19.5 Å². The molecule has 0 saturated heterocycles. The van der Waals surface area contributed by atoms with Gasteiger partial charge in [0.2, 0.25) is 0 Å². The van der Waals surface area contributed by atoms with Crippen molar-refractivity contribution in [2.45, 2.75) is 52.0 Å². The predicted molar refractivity (Wildman–Crippen MR) is 76.3 cm³/mol. The van der Waals surface area contributed by atoms with Crippen molar-refractivity contribution in [1.82, 2.24) is 15.1 Å². The van der Waals surface area contributed by atoms with Gasteiger partial charge in [-0.1, -0.05) is 13.8 Å². The second-order valence-electron chi connectivity index (χ2n) is 4.64. The largest absolute Gasteiger partial charge is 0.309 e. The van der Waals surface area contributed by atoms with E-state index >= 15 is 0 Å². The molecule has 1 aromatic heterocycles. The minimum Gasteiger partial charge on any atom is -0.309 e. The van der Waals surface area contributed by atoms with Crippen molar-refractivity contribution >= 4 is 0 Å². The SMILES string of the molecule is C#CCCCC(NCCC)c1cc(CC)nn1C. The molecule has 0 spiro atoms. The third-order valence-corrected chi connectivity index (χ3v) is 3.14. The number of terminal acetylenes is 1. The van der Waals surface area contributed by atoms with Crippen molar-refractivity contribution in [2.75, 3.05) is 6.54 Å². The molecule has 0 bridgehead atoms. The highest BCUT2D eigenvalue weighted by Gasteiger charge is 2.15. The standard InChI is InChI=1S/C15H25N3/c1-5-8-9-10-14(16-11-6-2)15-12-13(7-3)17-18(15)4/h1,12,14,16H,6-11H2,2-4H3. The number of unbranched alkanes of at least 4 members (excludes halogenated alkanes) is 1. The maximum Gasteiger partial charge on any atom is 0.0625 e. The Balaban J connectivity index is 2.73. The molecule has 1 aromatic rings. The van der Waals surface area contributed by atoms with Gasteiger partial charge in [0.1, 0.15) is 0 Å². The summed E-state index contributed by atoms with van der Waals surface area (Å²) in [5.41, 5.74) is 2.44. The fourth-order valence-electron chi connectivity index (χ4n) is 2.12. The third kappa shape index (κ3) is 4.19. The normalized spacial score (nSPS) is 12.3. The monoisotopic (exact) mass is 247 g/mol. The van der Waals surface area contributed by atoms with Crippen LogP contribution in [0.2, 0.25) is 0 Å². The van der Waals surface area contributed by atoms with E-state index in [1.54, 1.807) is 0 Å². The Bertz CT molecular complexity index is 387. The van der Waals surface area contributed by atoms with Crippen LogP contribution in [0.3, 0.4) is 0 Å². The number of nitrogens with one attached hydrogen (secondary N) is 1. The molecule has 100 valence electrons. The van der Waals surface area contributed by atoms with E-state index in [4.69, 9.17) is 6.42 Å². The van der Waals surface area contributed by atoms with Gasteiger partial charge in [0.05, 0.1) is 11.4 Å². The van der Waals surface area contributed by atoms with E-state index in [1.165, 1.54) is 5.69 Å². The minimum atomic E-state index is 0.371. The lowest BCUT2D eigenvalue weighted by Gasteiger charge is -2.18. The van der Waals surface area contributed by atoms with Gasteiger partial charge in [-0.2, -0.15) is 5.10 Å². The Labute approximate surface area is 111 Å². The summed E-state index contributed by atoms with van der Waals surface area (Å²) in [6.45, 7) is 5.36. The molecule has 0 aliphatic heterocycles. The van der Waals surface area contributed by atoms with E-state index in [9.17, 15) is 0 Å². The van der Waals surface area contributed by atoms with Gasteiger partial charge in [0.25, 0.3) is 0 Å². The molecule has 0 saturated carbocycles. The highest BCUT2D eigenvalue weighted by atomic mass is 15.3. The van der Waals surface area contributed by atoms with Gasteiger partial charge in [-0.15, -0.1) is 12.3 Å². The molecule has 18 heavy (non-hydrogen) atoms. The van der Waals surface area contributed by atoms with Crippen molar-refractivity contribution in [2.24, 2.45) is 7.05 Å². The summed E-state index contributed by atoms with van der Waals surface area (Å²) < 4.78 is 2.00. The summed E-state index contributed by atoms with van der Waals surface area (Å²) in [6.07, 6.45) is 10.4. The van der Waals surface area contributed by atoms with Gasteiger partial charge in [-0.3, -0.25) is 4.68 Å². The molecule has 0 aliphatic rings. The van der Waals surface area contributed by atoms with Crippen LogP contribution in [0.5, 0.6) is 0 Å². The molecular weight excluding hydrogens is 222 g/mol. The van der Waals surface area contributed by atoms with E-state index < -0.39 is 0 Å². The van der Waals surface area contributed by atoms with E-state index in [-0.39, 0.29) is 0 Å². The fourth-order valence-corrected chi connectivity index (χ4v) is 2.12. The summed E-state index contributed by atoms with van der Waals surface area (Å²) in [4.78, 5) is 0. The van der Waals surface area contributed by atoms with Crippen LogP contribution in [0.4, 0.5) is 0 Å². The Hall–Kier alpha value is -1.27. The topological polar surface area (TPSA) is 29.9 Å². The van der Waals surface area contributed by atoms with Crippen molar-refractivity contribution in [3.63, 3.8) is 0 Å². The smallest absolute Gasteiger partial charge is 0.0625 e. The van der Waals surface area contributed by atoms with E-state index in [0.29, 0.717) is 6.04 Å². The Kier molecular flexibility index (Phi) is 6.53. The van der Waals surface area contributed by atoms with Crippen LogP contribution < -0.4 is 5.32 Å². The average Bonchev–Trinajstić information content (AvgIpc) is 2.75. The van der Waals surface area contributed by atoms with Crippen molar-refractivity contribution < 1.29 is 0 Å². The van der Waals surface area contributed by atoms with Gasteiger partial charge in [0.15, 0.2) is 0 Å². The first-order valence-corrected chi connectivity index (χ1v) is 6.92. The second-order valence-corrected chi connectivity index (χ2v) is 4.64. The summed E-state index contributed by atoms with van der Waals surface area (Å²) >= 11 is 0. The zero-order valence-corrected chi connectivity index (χ0v) is 11.9. The van der Waals surface area contributed by atoms with Gasteiger partial charge in [-0.25, -0.2) is 0 Å². The maximum absolute atomic E-state index is 5.32. The lowest BCUT2D eigenvalue weighted by atomic mass is 10.1. The van der Waals surface area contributed by atoms with Crippen LogP contribution >= 0.6 is 0 Å². The molecule has 1 rings (SSSR count). The summed E-state index contributed by atoms with van der Waals surface area (Å²) in [7, 11) is 2.02. The number of aryl methyl sites for hydroxylation is 2. The molecule has 0 aliphatic carbocycles. The van der Waals surface area contributed by atoms with Crippen LogP contribution in [-0.2, 0) is 13.5 Å². The lowest BCUT2D eigenvalue weighted by molar-refractivity contribution is 0.458. The van der Waals surface area contributed by atoms with Crippen molar-refractivity contribution in [3.05, 3.63) is 17.5 Å². The molecule has 1 N–H and O–H groups in total. The zero-order valence-electron chi connectivity index (χ0n) is 11.9. The maximum atomic E-state index is 5.32. The van der Waals surface area contributed by atoms with Crippen LogP contribution in [0.15, 0.2) is 6.07 Å². The first-order valence-electron chi connectivity index (χ1n) is 6.92. The summed E-state index contributed by atoms with van der Waals surface area (Å²) in [5, 5.41) is 8.12. The van der Waals surface area contributed by atoms with Crippen LogP contribution in [-0.4, -0.2) is 16.3 Å². The summed E-state index contributed by atoms with van der Waals surface area (Å²) in [5.74, 6) is 2.71. The second kappa shape index (κ2) is 7.94. The quantitative estimate of drug-likeness (QED) is 0.565. The van der Waals surface area contributed by atoms with E-state index in [0.717, 1.165) is 44.3 Å². The number of aromatic nitrogens is 2. The Morgan fingerprint density at radius 2 is 2.28 bits per heavy atom. The highest BCUT2D eigenvalue weighted by molar-refractivity contribution is 5.14. The van der Waals surface area contributed by atoms with Gasteiger partial charge in [-0.05, 0) is 38.3 Å². The fraction of sp³-hybridized carbons (Fsp3) is 0.667. The molecule has 3 nitrogen and oxygen atoms in total. The van der Waals surface area contributed by atoms with Crippen LogP contribution in [0.25, 0.3) is 0 Å². The molecule has 0 fully saturated rings. The molecule has 1 heterocycles. The van der Waals surface area contributed by atoms with Crippen molar-refractivity contribution in [3.8, 4) is 12.3 Å². The molecule has 1 atom stereocenters. The Morgan fingerprint density at radius 1 is 1.50 bits per heavy atom. The zero-order chi connectivity index (χ0) is 13.4. The number of rotatable bonds is 8. The third-order valence-electron chi connectivity index (χ3n) is 3.14. The number of hydrogen-bond acceptors (Lipinski definition) is 2. The molecule has 0 aromatic carbocycles. The number of hydrogen-bond donors (Lipinski definition) is 1. The van der Waals surface area contributed by atoms with E-state index in [1.807, 2.05) is 11.7 Å².